The highest BCUT2D eigenvalue weighted by Gasteiger charge is 2.17. The lowest BCUT2D eigenvalue weighted by Crippen LogP contribution is -2.25. The van der Waals surface area contributed by atoms with Crippen molar-refractivity contribution in [3.8, 4) is 0 Å². The highest BCUT2D eigenvalue weighted by atomic mass is 35.5. The number of anilines is 2. The van der Waals surface area contributed by atoms with Crippen LogP contribution in [0.2, 0.25) is 5.02 Å². The van der Waals surface area contributed by atoms with Gasteiger partial charge in [0.15, 0.2) is 0 Å². The first-order valence-electron chi connectivity index (χ1n) is 9.00. The molecule has 3 N–H and O–H groups in total. The number of nitrogens with zero attached hydrogens (tertiary/aromatic N) is 2. The van der Waals surface area contributed by atoms with Gasteiger partial charge in [-0.2, -0.15) is 0 Å². The first-order chi connectivity index (χ1) is 14.7. The van der Waals surface area contributed by atoms with Crippen LogP contribution in [0, 0.1) is 0 Å². The van der Waals surface area contributed by atoms with Crippen LogP contribution in [-0.2, 0) is 21.2 Å². The fraction of sp³-hybridized carbons (Fsp3) is 0.158. The van der Waals surface area contributed by atoms with Gasteiger partial charge >= 0.3 is 0 Å². The molecule has 9 nitrogen and oxygen atoms in total. The molecule has 3 aromatic rings. The van der Waals surface area contributed by atoms with Crippen LogP contribution in [0.25, 0.3) is 0 Å². The summed E-state index contributed by atoms with van der Waals surface area (Å²) in [5.74, 6) is -0.558. The van der Waals surface area contributed by atoms with Crippen LogP contribution in [0.3, 0.4) is 0 Å². The number of rotatable bonds is 8. The van der Waals surface area contributed by atoms with Gasteiger partial charge in [0.25, 0.3) is 15.9 Å². The molecule has 0 aliphatic rings. The fourth-order valence-electron chi connectivity index (χ4n) is 2.51. The Bertz CT molecular complexity index is 1200. The van der Waals surface area contributed by atoms with Crippen molar-refractivity contribution >= 4 is 55.6 Å². The second-order valence-corrected chi connectivity index (χ2v) is 9.45. The van der Waals surface area contributed by atoms with Crippen LogP contribution in [0.15, 0.2) is 53.4 Å². The Balaban J connectivity index is 1.56. The molecular formula is C19H18ClN5O4S2. The highest BCUT2D eigenvalue weighted by molar-refractivity contribution is 7.93. The summed E-state index contributed by atoms with van der Waals surface area (Å²) in [7, 11) is -3.86. The van der Waals surface area contributed by atoms with Gasteiger partial charge in [-0.15, -0.1) is 10.2 Å². The van der Waals surface area contributed by atoms with Crippen LogP contribution in [-0.4, -0.2) is 37.0 Å². The molecular weight excluding hydrogens is 462 g/mol. The Morgan fingerprint density at radius 3 is 2.45 bits per heavy atom. The molecule has 0 saturated heterocycles. The number of amides is 2. The lowest BCUT2D eigenvalue weighted by Gasteiger charge is -2.06. The maximum Gasteiger partial charge on any atom is 0.263 e. The van der Waals surface area contributed by atoms with Crippen molar-refractivity contribution < 1.29 is 18.0 Å². The van der Waals surface area contributed by atoms with E-state index in [1.54, 1.807) is 24.3 Å². The van der Waals surface area contributed by atoms with Gasteiger partial charge in [0, 0.05) is 25.6 Å². The van der Waals surface area contributed by atoms with E-state index in [1.165, 1.54) is 31.2 Å². The average Bonchev–Trinajstić information content (AvgIpc) is 3.14. The summed E-state index contributed by atoms with van der Waals surface area (Å²) >= 11 is 7.07. The maximum atomic E-state index is 12.5. The van der Waals surface area contributed by atoms with Crippen LogP contribution in [0.1, 0.15) is 22.3 Å². The van der Waals surface area contributed by atoms with Crippen molar-refractivity contribution in [1.82, 2.24) is 15.5 Å². The zero-order valence-electron chi connectivity index (χ0n) is 16.3. The lowest BCUT2D eigenvalue weighted by atomic mass is 10.2. The molecule has 2 amide bonds. The minimum Gasteiger partial charge on any atom is -0.352 e. The van der Waals surface area contributed by atoms with E-state index >= 15 is 0 Å². The third-order valence-electron chi connectivity index (χ3n) is 3.92. The second-order valence-electron chi connectivity index (χ2n) is 6.30. The number of sulfonamides is 1. The Labute approximate surface area is 187 Å². The van der Waals surface area contributed by atoms with E-state index in [0.717, 1.165) is 11.3 Å². The van der Waals surface area contributed by atoms with E-state index in [0.29, 0.717) is 27.7 Å². The third kappa shape index (κ3) is 6.23. The summed E-state index contributed by atoms with van der Waals surface area (Å²) in [6.07, 6.45) is 0.376. The standard InChI is InChI=1S/C19H18ClN5O4S2/c1-12(26)22-13-6-8-14(9-7-13)31(28,29)25-19-24-23-17(30-19)10-11-21-18(27)15-4-2-3-5-16(15)20/h2-9H,10-11H2,1H3,(H,21,27)(H,22,26)(H,24,25). The van der Waals surface area contributed by atoms with Gasteiger partial charge in [-0.25, -0.2) is 8.42 Å². The summed E-state index contributed by atoms with van der Waals surface area (Å²) in [6.45, 7) is 1.65. The molecule has 0 spiro atoms. The number of benzene rings is 2. The monoisotopic (exact) mass is 479 g/mol. The molecule has 2 aromatic carbocycles. The van der Waals surface area contributed by atoms with E-state index in [4.69, 9.17) is 11.6 Å². The molecule has 0 bridgehead atoms. The molecule has 0 aliphatic heterocycles. The normalized spacial score (nSPS) is 11.0. The minimum atomic E-state index is -3.86. The lowest BCUT2D eigenvalue weighted by molar-refractivity contribution is -0.114. The number of aromatic nitrogens is 2. The zero-order valence-corrected chi connectivity index (χ0v) is 18.6. The number of nitrogens with one attached hydrogen (secondary N) is 3. The van der Waals surface area contributed by atoms with Gasteiger partial charge < -0.3 is 10.6 Å². The number of carbonyl (C=O) groups excluding carboxylic acids is 2. The molecule has 0 unspecified atom stereocenters. The molecule has 0 fully saturated rings. The van der Waals surface area contributed by atoms with Gasteiger partial charge in [0.2, 0.25) is 11.0 Å². The second kappa shape index (κ2) is 9.86. The number of carbonyl (C=O) groups is 2. The van der Waals surface area contributed by atoms with Gasteiger partial charge in [-0.3, -0.25) is 14.3 Å². The molecule has 12 heteroatoms. The molecule has 0 aliphatic carbocycles. The summed E-state index contributed by atoms with van der Waals surface area (Å²) < 4.78 is 27.4. The summed E-state index contributed by atoms with van der Waals surface area (Å²) in [5.41, 5.74) is 0.864. The van der Waals surface area contributed by atoms with Gasteiger partial charge in [-0.1, -0.05) is 35.1 Å². The predicted octanol–water partition coefficient (Wildman–Crippen LogP) is 2.92. The molecule has 0 atom stereocenters. The Morgan fingerprint density at radius 2 is 1.77 bits per heavy atom. The molecule has 162 valence electrons. The minimum absolute atomic E-state index is 0.0188. The quantitative estimate of drug-likeness (QED) is 0.455. The van der Waals surface area contributed by atoms with E-state index in [-0.39, 0.29) is 28.4 Å². The predicted molar refractivity (Wildman–Crippen MR) is 119 cm³/mol. The van der Waals surface area contributed by atoms with E-state index in [9.17, 15) is 18.0 Å². The molecule has 0 radical (unpaired) electrons. The molecule has 1 heterocycles. The Morgan fingerprint density at radius 1 is 1.06 bits per heavy atom. The summed E-state index contributed by atoms with van der Waals surface area (Å²) in [5, 5.41) is 14.1. The van der Waals surface area contributed by atoms with Crippen molar-refractivity contribution in [3.05, 3.63) is 64.1 Å². The van der Waals surface area contributed by atoms with Crippen LogP contribution in [0.5, 0.6) is 0 Å². The van der Waals surface area contributed by atoms with E-state index in [2.05, 4.69) is 25.6 Å². The maximum absolute atomic E-state index is 12.5. The highest BCUT2D eigenvalue weighted by Crippen LogP contribution is 2.21. The molecule has 31 heavy (non-hydrogen) atoms. The van der Waals surface area contributed by atoms with Gasteiger partial charge in [-0.05, 0) is 36.4 Å². The first kappa shape index (κ1) is 22.7. The van der Waals surface area contributed by atoms with Crippen LogP contribution in [0.4, 0.5) is 10.8 Å². The van der Waals surface area contributed by atoms with Gasteiger partial charge in [0.05, 0.1) is 15.5 Å². The first-order valence-corrected chi connectivity index (χ1v) is 11.7. The van der Waals surface area contributed by atoms with Crippen molar-refractivity contribution in [2.75, 3.05) is 16.6 Å². The van der Waals surface area contributed by atoms with Gasteiger partial charge in [0.1, 0.15) is 5.01 Å². The largest absolute Gasteiger partial charge is 0.352 e. The summed E-state index contributed by atoms with van der Waals surface area (Å²) in [4.78, 5) is 23.2. The van der Waals surface area contributed by atoms with E-state index in [1.807, 2.05) is 0 Å². The fourth-order valence-corrected chi connectivity index (χ4v) is 4.70. The van der Waals surface area contributed by atoms with Crippen molar-refractivity contribution in [2.24, 2.45) is 0 Å². The molecule has 1 aromatic heterocycles. The third-order valence-corrected chi connectivity index (χ3v) is 6.63. The summed E-state index contributed by atoms with van der Waals surface area (Å²) in [6, 6.07) is 12.4. The Hall–Kier alpha value is -3.02. The molecule has 0 saturated carbocycles. The molecule has 3 rings (SSSR count). The SMILES string of the molecule is CC(=O)Nc1ccc(S(=O)(=O)Nc2nnc(CCNC(=O)c3ccccc3Cl)s2)cc1. The Kier molecular flexibility index (Phi) is 7.21. The van der Waals surface area contributed by atoms with Crippen molar-refractivity contribution in [1.29, 1.82) is 0 Å². The van der Waals surface area contributed by atoms with E-state index < -0.39 is 10.0 Å². The van der Waals surface area contributed by atoms with Crippen LogP contribution < -0.4 is 15.4 Å². The number of hydrogen-bond acceptors (Lipinski definition) is 7. The zero-order chi connectivity index (χ0) is 22.4. The topological polar surface area (TPSA) is 130 Å². The van der Waals surface area contributed by atoms with Crippen LogP contribution >= 0.6 is 22.9 Å². The smallest absolute Gasteiger partial charge is 0.263 e. The average molecular weight is 480 g/mol. The van der Waals surface area contributed by atoms with Crippen molar-refractivity contribution in [2.45, 2.75) is 18.2 Å². The number of halogens is 1. The number of hydrogen-bond donors (Lipinski definition) is 3. The van der Waals surface area contributed by atoms with Crippen molar-refractivity contribution in [3.63, 3.8) is 0 Å².